The first kappa shape index (κ1) is 32.0. The van der Waals surface area contributed by atoms with Crippen LogP contribution in [0.4, 0.5) is 0 Å². The van der Waals surface area contributed by atoms with Crippen molar-refractivity contribution >= 4 is 99.2 Å². The van der Waals surface area contributed by atoms with Gasteiger partial charge in [0, 0.05) is 10.8 Å². The number of fused-ring (bicyclic) bond motifs is 12. The molecule has 0 radical (unpaired) electrons. The van der Waals surface area contributed by atoms with Crippen LogP contribution in [0.2, 0.25) is 0 Å². The Kier molecular flexibility index (Phi) is 6.74. The maximum atomic E-state index is 2.57. The predicted molar refractivity (Wildman–Crippen MR) is 247 cm³/mol. The molecule has 3 nitrogen and oxygen atoms in total. The van der Waals surface area contributed by atoms with Crippen LogP contribution in [-0.2, 0) is 0 Å². The van der Waals surface area contributed by atoms with Crippen LogP contribution in [0.3, 0.4) is 0 Å². The van der Waals surface area contributed by atoms with Crippen LogP contribution < -0.4 is 0 Å². The van der Waals surface area contributed by atoms with E-state index in [4.69, 9.17) is 0 Å². The van der Waals surface area contributed by atoms with Crippen molar-refractivity contribution in [2.24, 2.45) is 0 Å². The number of benzene rings is 9. The predicted octanol–water partition coefficient (Wildman–Crippen LogP) is 14.0. The van der Waals surface area contributed by atoms with Crippen LogP contribution in [0, 0.1) is 0 Å². The van der Waals surface area contributed by atoms with Gasteiger partial charge < -0.3 is 4.57 Å². The number of aromatic nitrogens is 3. The first-order valence-corrected chi connectivity index (χ1v) is 21.6. The van der Waals surface area contributed by atoms with Crippen molar-refractivity contribution in [1.29, 1.82) is 0 Å². The van der Waals surface area contributed by atoms with E-state index in [1.807, 2.05) is 0 Å². The van der Waals surface area contributed by atoms with E-state index in [0.29, 0.717) is 0 Å². The van der Waals surface area contributed by atoms with E-state index in [0.717, 1.165) is 11.4 Å². The van der Waals surface area contributed by atoms with Gasteiger partial charge in [-0.2, -0.15) is 0 Å². The number of rotatable bonds is 4. The van der Waals surface area contributed by atoms with E-state index in [-0.39, 0.29) is 14.5 Å². The van der Waals surface area contributed by atoms with Crippen molar-refractivity contribution in [3.63, 3.8) is 0 Å². The zero-order chi connectivity index (χ0) is 37.9. The van der Waals surface area contributed by atoms with E-state index in [9.17, 15) is 0 Å². The molecule has 58 heavy (non-hydrogen) atoms. The summed E-state index contributed by atoms with van der Waals surface area (Å²) in [6, 6.07) is 74.1. The van der Waals surface area contributed by atoms with Crippen molar-refractivity contribution in [3.05, 3.63) is 200 Å². The van der Waals surface area contributed by atoms with Gasteiger partial charge >= 0.3 is 266 Å². The van der Waals surface area contributed by atoms with E-state index in [1.54, 1.807) is 0 Å². The van der Waals surface area contributed by atoms with Gasteiger partial charge in [0.2, 0.25) is 0 Å². The molecule has 270 valence electrons. The monoisotopic (exact) mass is 803 g/mol. The van der Waals surface area contributed by atoms with Crippen LogP contribution in [-0.4, -0.2) is 28.2 Å². The third-order valence-corrected chi connectivity index (χ3v) is 14.6. The van der Waals surface area contributed by atoms with Gasteiger partial charge in [0.25, 0.3) is 0 Å². The second kappa shape index (κ2) is 12.2. The molecule has 13 rings (SSSR count). The van der Waals surface area contributed by atoms with Crippen LogP contribution in [0.5, 0.6) is 0 Å². The fraction of sp³-hybridized carbons (Fsp3) is 0. The van der Waals surface area contributed by atoms with Gasteiger partial charge in [0.05, 0.1) is 11.0 Å². The van der Waals surface area contributed by atoms with E-state index in [1.165, 1.54) is 102 Å². The molecule has 0 N–H and O–H groups in total. The Hall–Kier alpha value is -7.10. The first-order valence-electron chi connectivity index (χ1n) is 19.9. The molecule has 0 aliphatic heterocycles. The molecule has 0 saturated carbocycles. The summed E-state index contributed by atoms with van der Waals surface area (Å²) in [5.74, 6) is 0. The number of hydrogen-bond donors (Lipinski definition) is 0. The standard InChI is InChI=1S/C54H33N3Se/c1-2-14-34(15-3-1)37-29-31-52-53(43-20-8-13-25-51(43)58-52)54(37)57-48-24-12-6-18-40(48)42-28-26-36(33-50(42)57)56-47-23-11-7-19-41(47)44-32-35(27-30-49(44)56)55-45-21-9-4-16-38(45)39-17-5-10-22-46(39)55/h1-33H. The summed E-state index contributed by atoms with van der Waals surface area (Å²) in [7, 11) is 0. The Morgan fingerprint density at radius 3 is 1.43 bits per heavy atom. The van der Waals surface area contributed by atoms with Crippen molar-refractivity contribution < 1.29 is 0 Å². The summed E-state index contributed by atoms with van der Waals surface area (Å²) < 4.78 is 10.3. The van der Waals surface area contributed by atoms with Crippen molar-refractivity contribution in [2.45, 2.75) is 0 Å². The minimum absolute atomic E-state index is 0.237. The molecule has 0 fully saturated rings. The Morgan fingerprint density at radius 2 is 0.776 bits per heavy atom. The summed E-state index contributed by atoms with van der Waals surface area (Å²) in [4.78, 5) is 0. The Balaban J connectivity index is 1.11. The molecule has 9 aromatic carbocycles. The minimum atomic E-state index is 0.237. The summed E-state index contributed by atoms with van der Waals surface area (Å²) in [6.45, 7) is 0. The summed E-state index contributed by atoms with van der Waals surface area (Å²) in [6.07, 6.45) is 0. The van der Waals surface area contributed by atoms with Gasteiger partial charge in [-0.15, -0.1) is 0 Å². The summed E-state index contributed by atoms with van der Waals surface area (Å²) >= 11 is 0.237. The molecular formula is C54H33N3Se. The molecule has 0 spiro atoms. The van der Waals surface area contributed by atoms with Gasteiger partial charge in [0.15, 0.2) is 0 Å². The first-order chi connectivity index (χ1) is 28.8. The van der Waals surface area contributed by atoms with Gasteiger partial charge in [-0.05, 0) is 12.1 Å². The molecule has 0 bridgehead atoms. The Bertz CT molecular complexity index is 3750. The normalized spacial score (nSPS) is 12.1. The van der Waals surface area contributed by atoms with Gasteiger partial charge in [-0.1, -0.05) is 36.4 Å². The molecule has 4 heterocycles. The van der Waals surface area contributed by atoms with Crippen LogP contribution in [0.1, 0.15) is 0 Å². The molecule has 0 atom stereocenters. The molecule has 0 amide bonds. The zero-order valence-corrected chi connectivity index (χ0v) is 33.0. The van der Waals surface area contributed by atoms with Crippen LogP contribution in [0.25, 0.3) is 113 Å². The molecule has 0 saturated heterocycles. The average molecular weight is 803 g/mol. The molecule has 4 aromatic heterocycles. The summed E-state index contributed by atoms with van der Waals surface area (Å²) in [5, 5.41) is 10.3. The molecule has 13 aromatic rings. The molecule has 0 aliphatic rings. The number of hydrogen-bond acceptors (Lipinski definition) is 0. The van der Waals surface area contributed by atoms with Gasteiger partial charge in [0.1, 0.15) is 0 Å². The molecule has 0 unspecified atom stereocenters. The quantitative estimate of drug-likeness (QED) is 0.158. The zero-order valence-electron chi connectivity index (χ0n) is 31.3. The fourth-order valence-corrected chi connectivity index (χ4v) is 12.1. The molecule has 0 aliphatic carbocycles. The Labute approximate surface area is 339 Å². The average Bonchev–Trinajstić information content (AvgIpc) is 4.02. The van der Waals surface area contributed by atoms with Gasteiger partial charge in [-0.3, -0.25) is 0 Å². The SMILES string of the molecule is c1ccc(-c2ccc3[se]c4ccccc4c3c2-n2c3ccccc3c3ccc(-n4c5ccccc5c5cc(-n6c7ccccc7c7ccccc76)ccc54)cc32)cc1. The summed E-state index contributed by atoms with van der Waals surface area (Å²) in [5.41, 5.74) is 13.3. The second-order valence-electron chi connectivity index (χ2n) is 15.3. The van der Waals surface area contributed by atoms with E-state index >= 15 is 0 Å². The van der Waals surface area contributed by atoms with Crippen molar-refractivity contribution in [3.8, 4) is 28.2 Å². The number of para-hydroxylation sites is 4. The third-order valence-electron chi connectivity index (χ3n) is 12.2. The fourth-order valence-electron chi connectivity index (χ4n) is 9.80. The third kappa shape index (κ3) is 4.44. The van der Waals surface area contributed by atoms with Crippen molar-refractivity contribution in [1.82, 2.24) is 13.7 Å². The van der Waals surface area contributed by atoms with Gasteiger partial charge in [-0.25, -0.2) is 0 Å². The topological polar surface area (TPSA) is 14.8 Å². The second-order valence-corrected chi connectivity index (χ2v) is 17.6. The molecular weight excluding hydrogens is 770 g/mol. The van der Waals surface area contributed by atoms with Crippen LogP contribution in [0.15, 0.2) is 200 Å². The number of nitrogens with zero attached hydrogens (tertiary/aromatic N) is 3. The molecule has 4 heteroatoms. The van der Waals surface area contributed by atoms with Crippen LogP contribution >= 0.6 is 0 Å². The van der Waals surface area contributed by atoms with E-state index in [2.05, 4.69) is 214 Å². The maximum absolute atomic E-state index is 2.57. The van der Waals surface area contributed by atoms with Crippen molar-refractivity contribution in [2.75, 3.05) is 0 Å². The Morgan fingerprint density at radius 1 is 0.293 bits per heavy atom. The van der Waals surface area contributed by atoms with E-state index < -0.39 is 0 Å².